The second-order valence-electron chi connectivity index (χ2n) is 8.54. The highest BCUT2D eigenvalue weighted by Gasteiger charge is 2.36. The molecule has 0 saturated carbocycles. The maximum absolute atomic E-state index is 13.1. The monoisotopic (exact) mass is 474 g/mol. The van der Waals surface area contributed by atoms with Gasteiger partial charge in [-0.2, -0.15) is 0 Å². The van der Waals surface area contributed by atoms with Crippen molar-refractivity contribution in [2.24, 2.45) is 5.92 Å². The van der Waals surface area contributed by atoms with Crippen LogP contribution in [0.15, 0.2) is 48.5 Å². The van der Waals surface area contributed by atoms with Crippen LogP contribution in [0.3, 0.4) is 0 Å². The lowest BCUT2D eigenvalue weighted by Gasteiger charge is -2.39. The molecule has 0 spiro atoms. The molecular formula is C25H28Cl2N2O3. The molecule has 2 heterocycles. The lowest BCUT2D eigenvalue weighted by Crippen LogP contribution is -2.50. The molecule has 2 aliphatic rings. The van der Waals surface area contributed by atoms with Crippen molar-refractivity contribution in [3.63, 3.8) is 0 Å². The quantitative estimate of drug-likeness (QED) is 0.590. The van der Waals surface area contributed by atoms with Crippen molar-refractivity contribution in [3.05, 3.63) is 64.1 Å². The summed E-state index contributed by atoms with van der Waals surface area (Å²) in [6.45, 7) is 2.64. The van der Waals surface area contributed by atoms with Crippen LogP contribution in [0.5, 0.6) is 5.75 Å². The summed E-state index contributed by atoms with van der Waals surface area (Å²) in [5.74, 6) is 0.670. The number of hydrogen-bond acceptors (Lipinski definition) is 3. The van der Waals surface area contributed by atoms with Gasteiger partial charge in [0.1, 0.15) is 11.9 Å². The number of carbonyl (C=O) groups is 2. The summed E-state index contributed by atoms with van der Waals surface area (Å²) in [5.41, 5.74) is 0.493. The Balaban J connectivity index is 1.50. The predicted octanol–water partition coefficient (Wildman–Crippen LogP) is 5.31. The number of piperidine rings is 2. The van der Waals surface area contributed by atoms with E-state index in [0.717, 1.165) is 31.7 Å². The molecule has 0 aromatic heterocycles. The number of ether oxygens (including phenoxy) is 1. The Labute approximate surface area is 199 Å². The minimum Gasteiger partial charge on any atom is -0.490 e. The first kappa shape index (κ1) is 22.9. The molecule has 2 atom stereocenters. The van der Waals surface area contributed by atoms with Gasteiger partial charge < -0.3 is 14.5 Å². The molecule has 2 amide bonds. The van der Waals surface area contributed by atoms with Crippen LogP contribution in [0.1, 0.15) is 42.5 Å². The average molecular weight is 475 g/mol. The summed E-state index contributed by atoms with van der Waals surface area (Å²) < 4.78 is 6.28. The van der Waals surface area contributed by atoms with Gasteiger partial charge in [0, 0.05) is 50.0 Å². The summed E-state index contributed by atoms with van der Waals surface area (Å²) in [6.07, 6.45) is 4.15. The number of hydrogen-bond donors (Lipinski definition) is 0. The van der Waals surface area contributed by atoms with Crippen LogP contribution >= 0.6 is 23.2 Å². The van der Waals surface area contributed by atoms with E-state index in [-0.39, 0.29) is 23.8 Å². The van der Waals surface area contributed by atoms with E-state index in [4.69, 9.17) is 27.9 Å². The van der Waals surface area contributed by atoms with E-state index in [2.05, 4.69) is 0 Å². The van der Waals surface area contributed by atoms with Gasteiger partial charge in [-0.3, -0.25) is 9.59 Å². The van der Waals surface area contributed by atoms with E-state index in [0.29, 0.717) is 41.5 Å². The summed E-state index contributed by atoms with van der Waals surface area (Å²) in [4.78, 5) is 29.9. The smallest absolute Gasteiger partial charge is 0.255 e. The van der Waals surface area contributed by atoms with Crippen LogP contribution in [-0.4, -0.2) is 53.9 Å². The standard InChI is InChI=1S/C25H28Cl2N2O3/c26-19-8-10-20(11-9-19)32-23-12-15-29(25(31)21-6-2-3-7-22(21)27)17-18(23)16-24(30)28-13-4-1-5-14-28/h2-3,6-11,18,23H,1,4-5,12-17H2/t18-,23-/m0/s1. The van der Waals surface area contributed by atoms with Gasteiger partial charge in [-0.25, -0.2) is 0 Å². The van der Waals surface area contributed by atoms with Crippen molar-refractivity contribution < 1.29 is 14.3 Å². The van der Waals surface area contributed by atoms with E-state index in [1.54, 1.807) is 29.2 Å². The SMILES string of the molecule is O=C(C[C@H]1CN(C(=O)c2ccccc2Cl)CC[C@@H]1Oc1ccc(Cl)cc1)N1CCCCC1. The molecule has 7 heteroatoms. The van der Waals surface area contributed by atoms with Crippen molar-refractivity contribution in [2.75, 3.05) is 26.2 Å². The van der Waals surface area contributed by atoms with Crippen LogP contribution in [0.2, 0.25) is 10.0 Å². The zero-order valence-electron chi connectivity index (χ0n) is 18.0. The highest BCUT2D eigenvalue weighted by Crippen LogP contribution is 2.29. The maximum Gasteiger partial charge on any atom is 0.255 e. The molecule has 32 heavy (non-hydrogen) atoms. The van der Waals surface area contributed by atoms with Gasteiger partial charge >= 0.3 is 0 Å². The molecule has 170 valence electrons. The van der Waals surface area contributed by atoms with E-state index < -0.39 is 0 Å². The van der Waals surface area contributed by atoms with Gasteiger partial charge in [-0.1, -0.05) is 35.3 Å². The number of amides is 2. The van der Waals surface area contributed by atoms with Gasteiger partial charge in [0.05, 0.1) is 10.6 Å². The van der Waals surface area contributed by atoms with Crippen molar-refractivity contribution >= 4 is 35.0 Å². The van der Waals surface area contributed by atoms with Crippen molar-refractivity contribution in [1.82, 2.24) is 9.80 Å². The zero-order chi connectivity index (χ0) is 22.5. The number of benzene rings is 2. The van der Waals surface area contributed by atoms with Crippen LogP contribution in [0.25, 0.3) is 0 Å². The number of carbonyl (C=O) groups excluding carboxylic acids is 2. The fraction of sp³-hybridized carbons (Fsp3) is 0.440. The topological polar surface area (TPSA) is 49.9 Å². The van der Waals surface area contributed by atoms with Crippen LogP contribution in [0, 0.1) is 5.92 Å². The largest absolute Gasteiger partial charge is 0.490 e. The third kappa shape index (κ3) is 5.57. The lowest BCUT2D eigenvalue weighted by molar-refractivity contribution is -0.134. The Morgan fingerprint density at radius 3 is 2.34 bits per heavy atom. The van der Waals surface area contributed by atoms with Crippen molar-refractivity contribution in [3.8, 4) is 5.75 Å². The Hall–Kier alpha value is -2.24. The molecule has 0 N–H and O–H groups in total. The molecule has 0 radical (unpaired) electrons. The van der Waals surface area contributed by atoms with Crippen LogP contribution in [-0.2, 0) is 4.79 Å². The fourth-order valence-electron chi connectivity index (χ4n) is 4.54. The second-order valence-corrected chi connectivity index (χ2v) is 9.38. The Bertz CT molecular complexity index is 944. The molecule has 2 fully saturated rings. The third-order valence-electron chi connectivity index (χ3n) is 6.30. The molecule has 0 unspecified atom stereocenters. The molecule has 2 aromatic rings. The van der Waals surface area contributed by atoms with Crippen molar-refractivity contribution in [1.29, 1.82) is 0 Å². The second kappa shape index (κ2) is 10.6. The molecule has 2 aromatic carbocycles. The molecule has 4 rings (SSSR count). The lowest BCUT2D eigenvalue weighted by atomic mass is 9.90. The normalized spacial score (nSPS) is 21.3. The van der Waals surface area contributed by atoms with Gasteiger partial charge in [-0.15, -0.1) is 0 Å². The maximum atomic E-state index is 13.1. The van der Waals surface area contributed by atoms with E-state index in [1.165, 1.54) is 6.42 Å². The van der Waals surface area contributed by atoms with E-state index in [1.807, 2.05) is 29.2 Å². The molecular weight excluding hydrogens is 447 g/mol. The van der Waals surface area contributed by atoms with E-state index in [9.17, 15) is 9.59 Å². The number of halogens is 2. The average Bonchev–Trinajstić information content (AvgIpc) is 2.82. The predicted molar refractivity (Wildman–Crippen MR) is 126 cm³/mol. The van der Waals surface area contributed by atoms with Crippen LogP contribution < -0.4 is 4.74 Å². The van der Waals surface area contributed by atoms with Crippen LogP contribution in [0.4, 0.5) is 0 Å². The molecule has 0 bridgehead atoms. The first-order chi connectivity index (χ1) is 15.5. The molecule has 5 nitrogen and oxygen atoms in total. The van der Waals surface area contributed by atoms with Gasteiger partial charge in [0.15, 0.2) is 0 Å². The Morgan fingerprint density at radius 1 is 0.906 bits per heavy atom. The highest BCUT2D eigenvalue weighted by atomic mass is 35.5. The molecule has 0 aliphatic carbocycles. The minimum absolute atomic E-state index is 0.0970. The first-order valence-corrected chi connectivity index (χ1v) is 12.0. The fourth-order valence-corrected chi connectivity index (χ4v) is 4.88. The number of likely N-dealkylation sites (tertiary alicyclic amines) is 2. The van der Waals surface area contributed by atoms with E-state index >= 15 is 0 Å². The summed E-state index contributed by atoms with van der Waals surface area (Å²) >= 11 is 12.3. The van der Waals surface area contributed by atoms with Gasteiger partial charge in [0.25, 0.3) is 5.91 Å². The number of nitrogens with zero attached hydrogens (tertiary/aromatic N) is 2. The highest BCUT2D eigenvalue weighted by molar-refractivity contribution is 6.33. The van der Waals surface area contributed by atoms with Crippen molar-refractivity contribution in [2.45, 2.75) is 38.2 Å². The Kier molecular flexibility index (Phi) is 7.59. The Morgan fingerprint density at radius 2 is 1.62 bits per heavy atom. The summed E-state index contributed by atoms with van der Waals surface area (Å²) in [7, 11) is 0. The number of rotatable bonds is 5. The first-order valence-electron chi connectivity index (χ1n) is 11.2. The zero-order valence-corrected chi connectivity index (χ0v) is 19.5. The van der Waals surface area contributed by atoms with Gasteiger partial charge in [0.2, 0.25) is 5.91 Å². The van der Waals surface area contributed by atoms with Gasteiger partial charge in [-0.05, 0) is 55.7 Å². The third-order valence-corrected chi connectivity index (χ3v) is 6.88. The molecule has 2 aliphatic heterocycles. The molecule has 2 saturated heterocycles. The minimum atomic E-state index is -0.153. The summed E-state index contributed by atoms with van der Waals surface area (Å²) in [6, 6.07) is 14.4. The summed E-state index contributed by atoms with van der Waals surface area (Å²) in [5, 5.41) is 1.09.